The van der Waals surface area contributed by atoms with Gasteiger partial charge in [-0.3, -0.25) is 4.79 Å². The van der Waals surface area contributed by atoms with Gasteiger partial charge in [-0.25, -0.2) is 4.98 Å². The highest BCUT2D eigenvalue weighted by atomic mass is 32.1. The van der Waals surface area contributed by atoms with Crippen molar-refractivity contribution in [2.75, 3.05) is 30.9 Å². The van der Waals surface area contributed by atoms with Crippen molar-refractivity contribution < 1.29 is 4.79 Å². The van der Waals surface area contributed by atoms with Gasteiger partial charge in [-0.05, 0) is 24.2 Å². The lowest BCUT2D eigenvalue weighted by Gasteiger charge is -2.10. The van der Waals surface area contributed by atoms with E-state index in [4.69, 9.17) is 0 Å². The molecule has 1 amide bonds. The Labute approximate surface area is 149 Å². The molecule has 126 valence electrons. The van der Waals surface area contributed by atoms with Crippen molar-refractivity contribution in [1.29, 1.82) is 0 Å². The summed E-state index contributed by atoms with van der Waals surface area (Å²) < 4.78 is 1.05. The fourth-order valence-corrected chi connectivity index (χ4v) is 4.30. The van der Waals surface area contributed by atoms with Gasteiger partial charge in [0.05, 0.1) is 9.58 Å². The summed E-state index contributed by atoms with van der Waals surface area (Å²) in [6.07, 6.45) is 0. The zero-order valence-corrected chi connectivity index (χ0v) is 15.6. The minimum atomic E-state index is -0.0828. The third-order valence-electron chi connectivity index (χ3n) is 3.52. The van der Waals surface area contributed by atoms with Crippen LogP contribution in [0.25, 0.3) is 9.53 Å². The SMILES string of the molecule is CCNCc1ccccc1NC(=O)c1cc2sc(N(C)C)nc2s1. The number of nitrogens with zero attached hydrogens (tertiary/aromatic N) is 2. The predicted octanol–water partition coefficient (Wildman–Crippen LogP) is 3.79. The molecule has 7 heteroatoms. The van der Waals surface area contributed by atoms with E-state index >= 15 is 0 Å². The highest BCUT2D eigenvalue weighted by Gasteiger charge is 2.15. The lowest BCUT2D eigenvalue weighted by molar-refractivity contribution is 0.103. The number of benzene rings is 1. The molecule has 0 atom stereocenters. The van der Waals surface area contributed by atoms with Gasteiger partial charge >= 0.3 is 0 Å². The molecule has 0 unspecified atom stereocenters. The van der Waals surface area contributed by atoms with E-state index in [1.807, 2.05) is 49.3 Å². The molecule has 2 heterocycles. The maximum Gasteiger partial charge on any atom is 0.265 e. The van der Waals surface area contributed by atoms with Crippen LogP contribution in [0.15, 0.2) is 30.3 Å². The monoisotopic (exact) mass is 360 g/mol. The van der Waals surface area contributed by atoms with Crippen LogP contribution >= 0.6 is 22.7 Å². The molecule has 0 saturated heterocycles. The van der Waals surface area contributed by atoms with E-state index in [-0.39, 0.29) is 5.91 Å². The van der Waals surface area contributed by atoms with Crippen molar-refractivity contribution in [3.8, 4) is 0 Å². The normalized spacial score (nSPS) is 11.0. The molecule has 2 N–H and O–H groups in total. The molecular formula is C17H20N4OS2. The number of hydrogen-bond donors (Lipinski definition) is 2. The maximum absolute atomic E-state index is 12.6. The fraction of sp³-hybridized carbons (Fsp3) is 0.294. The smallest absolute Gasteiger partial charge is 0.265 e. The standard InChI is InChI=1S/C17H20N4OS2/c1-4-18-10-11-7-5-6-8-12(11)19-15(22)13-9-14-16(23-13)20-17(24-14)21(2)3/h5-9,18H,4,10H2,1-3H3,(H,19,22). The van der Waals surface area contributed by atoms with Gasteiger partial charge in [-0.1, -0.05) is 36.5 Å². The van der Waals surface area contributed by atoms with E-state index in [1.165, 1.54) is 11.3 Å². The Morgan fingerprint density at radius 2 is 2.04 bits per heavy atom. The van der Waals surface area contributed by atoms with E-state index in [9.17, 15) is 4.79 Å². The van der Waals surface area contributed by atoms with E-state index in [0.29, 0.717) is 4.88 Å². The molecule has 2 aromatic heterocycles. The molecule has 0 bridgehead atoms. The molecule has 3 aromatic rings. The van der Waals surface area contributed by atoms with Gasteiger partial charge in [0.15, 0.2) is 5.13 Å². The van der Waals surface area contributed by atoms with Crippen LogP contribution in [-0.2, 0) is 6.54 Å². The Balaban J connectivity index is 1.79. The number of fused-ring (bicyclic) bond motifs is 1. The first-order valence-electron chi connectivity index (χ1n) is 7.76. The van der Waals surface area contributed by atoms with Crippen LogP contribution in [0.1, 0.15) is 22.2 Å². The average Bonchev–Trinajstić information content (AvgIpc) is 3.13. The number of amides is 1. The molecule has 0 spiro atoms. The van der Waals surface area contributed by atoms with Gasteiger partial charge in [-0.2, -0.15) is 0 Å². The number of rotatable bonds is 6. The Hall–Kier alpha value is -1.96. The van der Waals surface area contributed by atoms with Gasteiger partial charge in [0.25, 0.3) is 5.91 Å². The van der Waals surface area contributed by atoms with Crippen molar-refractivity contribution in [3.63, 3.8) is 0 Å². The van der Waals surface area contributed by atoms with Crippen molar-refractivity contribution in [2.24, 2.45) is 0 Å². The molecule has 0 radical (unpaired) electrons. The number of carbonyl (C=O) groups excluding carboxylic acids is 1. The molecule has 0 aliphatic rings. The Bertz CT molecular complexity index is 822. The summed E-state index contributed by atoms with van der Waals surface area (Å²) in [5.41, 5.74) is 1.93. The first-order chi connectivity index (χ1) is 11.6. The number of hydrogen-bond acceptors (Lipinski definition) is 6. The van der Waals surface area contributed by atoms with Crippen molar-refractivity contribution in [1.82, 2.24) is 10.3 Å². The molecule has 0 aliphatic carbocycles. The van der Waals surface area contributed by atoms with Crippen molar-refractivity contribution in [3.05, 3.63) is 40.8 Å². The summed E-state index contributed by atoms with van der Waals surface area (Å²) in [6.45, 7) is 3.69. The number of aromatic nitrogens is 1. The summed E-state index contributed by atoms with van der Waals surface area (Å²) in [6, 6.07) is 9.80. The van der Waals surface area contributed by atoms with Gasteiger partial charge in [-0.15, -0.1) is 11.3 Å². The van der Waals surface area contributed by atoms with E-state index in [1.54, 1.807) is 11.3 Å². The van der Waals surface area contributed by atoms with Crippen LogP contribution in [0.3, 0.4) is 0 Å². The van der Waals surface area contributed by atoms with Crippen LogP contribution in [0, 0.1) is 0 Å². The summed E-state index contributed by atoms with van der Waals surface area (Å²) in [5.74, 6) is -0.0828. The minimum absolute atomic E-state index is 0.0828. The van der Waals surface area contributed by atoms with Crippen LogP contribution in [0.2, 0.25) is 0 Å². The third kappa shape index (κ3) is 3.58. The summed E-state index contributed by atoms with van der Waals surface area (Å²) >= 11 is 3.03. The van der Waals surface area contributed by atoms with Crippen molar-refractivity contribution in [2.45, 2.75) is 13.5 Å². The lowest BCUT2D eigenvalue weighted by atomic mass is 10.1. The largest absolute Gasteiger partial charge is 0.354 e. The molecule has 5 nitrogen and oxygen atoms in total. The second-order valence-electron chi connectivity index (χ2n) is 5.56. The lowest BCUT2D eigenvalue weighted by Crippen LogP contribution is -2.16. The van der Waals surface area contributed by atoms with Crippen LogP contribution in [0.4, 0.5) is 10.8 Å². The van der Waals surface area contributed by atoms with Crippen molar-refractivity contribution >= 4 is 48.9 Å². The Morgan fingerprint density at radius 1 is 1.25 bits per heavy atom. The van der Waals surface area contributed by atoms with E-state index < -0.39 is 0 Å². The zero-order valence-electron chi connectivity index (χ0n) is 13.9. The number of anilines is 2. The first kappa shape index (κ1) is 16.9. The molecule has 3 rings (SSSR count). The number of carbonyl (C=O) groups is 1. The summed E-state index contributed by atoms with van der Waals surface area (Å²) in [5, 5.41) is 7.27. The second kappa shape index (κ2) is 7.29. The fourth-order valence-electron chi connectivity index (χ4n) is 2.27. The number of nitrogens with one attached hydrogen (secondary N) is 2. The van der Waals surface area contributed by atoms with Gasteiger partial charge in [0.1, 0.15) is 4.83 Å². The van der Waals surface area contributed by atoms with Gasteiger partial charge < -0.3 is 15.5 Å². The summed E-state index contributed by atoms with van der Waals surface area (Å²) in [7, 11) is 3.94. The van der Waals surface area contributed by atoms with E-state index in [2.05, 4.69) is 22.5 Å². The minimum Gasteiger partial charge on any atom is -0.354 e. The molecule has 1 aromatic carbocycles. The molecule has 24 heavy (non-hydrogen) atoms. The second-order valence-corrected chi connectivity index (χ2v) is 7.60. The highest BCUT2D eigenvalue weighted by molar-refractivity contribution is 7.29. The zero-order chi connectivity index (χ0) is 17.1. The average molecular weight is 361 g/mol. The van der Waals surface area contributed by atoms with E-state index in [0.717, 1.165) is 39.0 Å². The quantitative estimate of drug-likeness (QED) is 0.702. The molecule has 0 fully saturated rings. The van der Waals surface area contributed by atoms with Crippen LogP contribution < -0.4 is 15.5 Å². The maximum atomic E-state index is 12.6. The van der Waals surface area contributed by atoms with Crippen LogP contribution in [-0.4, -0.2) is 31.5 Å². The number of thiophene rings is 1. The Morgan fingerprint density at radius 3 is 2.75 bits per heavy atom. The summed E-state index contributed by atoms with van der Waals surface area (Å²) in [4.78, 5) is 20.7. The molecular weight excluding hydrogens is 340 g/mol. The Kier molecular flexibility index (Phi) is 5.13. The van der Waals surface area contributed by atoms with Crippen LogP contribution in [0.5, 0.6) is 0 Å². The molecule has 0 saturated carbocycles. The molecule has 0 aliphatic heterocycles. The van der Waals surface area contributed by atoms with Gasteiger partial charge in [0.2, 0.25) is 0 Å². The first-order valence-corrected chi connectivity index (χ1v) is 9.39. The number of thiazole rings is 1. The predicted molar refractivity (Wildman–Crippen MR) is 104 cm³/mol. The topological polar surface area (TPSA) is 57.3 Å². The third-order valence-corrected chi connectivity index (χ3v) is 5.84. The number of para-hydroxylation sites is 1. The van der Waals surface area contributed by atoms with Gasteiger partial charge in [0, 0.05) is 26.3 Å². The highest BCUT2D eigenvalue weighted by Crippen LogP contribution is 2.34.